The molecule has 0 saturated heterocycles. The summed E-state index contributed by atoms with van der Waals surface area (Å²) < 4.78 is 38.2. The van der Waals surface area contributed by atoms with Crippen molar-refractivity contribution in [3.63, 3.8) is 0 Å². The van der Waals surface area contributed by atoms with Crippen LogP contribution in [0.1, 0.15) is 17.8 Å². The summed E-state index contributed by atoms with van der Waals surface area (Å²) in [5, 5.41) is 4.06. The van der Waals surface area contributed by atoms with Gasteiger partial charge in [-0.15, -0.1) is 11.3 Å². The van der Waals surface area contributed by atoms with Gasteiger partial charge in [-0.25, -0.2) is 0 Å². The predicted octanol–water partition coefficient (Wildman–Crippen LogP) is 3.72. The molecule has 1 aromatic heterocycles. The van der Waals surface area contributed by atoms with Crippen LogP contribution in [-0.4, -0.2) is 12.7 Å². The maximum atomic E-state index is 12.6. The van der Waals surface area contributed by atoms with E-state index in [4.69, 9.17) is 0 Å². The van der Waals surface area contributed by atoms with Crippen LogP contribution >= 0.6 is 27.3 Å². The summed E-state index contributed by atoms with van der Waals surface area (Å²) in [4.78, 5) is 0.277. The molecule has 1 rings (SSSR count). The van der Waals surface area contributed by atoms with E-state index in [2.05, 4.69) is 21.2 Å². The van der Waals surface area contributed by atoms with E-state index in [9.17, 15) is 13.2 Å². The van der Waals surface area contributed by atoms with E-state index in [0.717, 1.165) is 11.3 Å². The molecule has 1 unspecified atom stereocenters. The highest BCUT2D eigenvalue weighted by atomic mass is 79.9. The van der Waals surface area contributed by atoms with Crippen molar-refractivity contribution in [2.75, 3.05) is 6.54 Å². The second-order valence-electron chi connectivity index (χ2n) is 2.67. The first-order valence-corrected chi connectivity index (χ1v) is 5.67. The maximum Gasteiger partial charge on any atom is 0.408 e. The third kappa shape index (κ3) is 2.71. The van der Waals surface area contributed by atoms with Gasteiger partial charge in [0, 0.05) is 9.35 Å². The fourth-order valence-electron chi connectivity index (χ4n) is 1.07. The lowest BCUT2D eigenvalue weighted by molar-refractivity contribution is -0.156. The van der Waals surface area contributed by atoms with Crippen molar-refractivity contribution in [3.05, 3.63) is 20.8 Å². The van der Waals surface area contributed by atoms with Crippen molar-refractivity contribution < 1.29 is 13.2 Å². The minimum atomic E-state index is -4.25. The van der Waals surface area contributed by atoms with Crippen LogP contribution in [0, 0.1) is 0 Å². The quantitative estimate of drug-likeness (QED) is 0.893. The molecule has 1 heterocycles. The summed E-state index contributed by atoms with van der Waals surface area (Å²) >= 11 is 4.19. The minimum Gasteiger partial charge on any atom is -0.302 e. The maximum absolute atomic E-state index is 12.6. The second-order valence-corrected chi connectivity index (χ2v) is 4.47. The first kappa shape index (κ1) is 12.0. The molecule has 0 aromatic carbocycles. The van der Waals surface area contributed by atoms with E-state index in [1.807, 2.05) is 0 Å². The Hall–Kier alpha value is -0.0700. The van der Waals surface area contributed by atoms with Crippen LogP contribution in [0.25, 0.3) is 0 Å². The van der Waals surface area contributed by atoms with Gasteiger partial charge in [0.15, 0.2) is 0 Å². The Morgan fingerprint density at radius 1 is 1.57 bits per heavy atom. The Balaban J connectivity index is 2.95. The third-order valence-electron chi connectivity index (χ3n) is 1.64. The molecule has 1 nitrogen and oxygen atoms in total. The lowest BCUT2D eigenvalue weighted by Gasteiger charge is -2.20. The summed E-state index contributed by atoms with van der Waals surface area (Å²) in [7, 11) is 0. The van der Waals surface area contributed by atoms with Crippen molar-refractivity contribution >= 4 is 27.3 Å². The van der Waals surface area contributed by atoms with Crippen molar-refractivity contribution in [2.24, 2.45) is 0 Å². The average molecular weight is 288 g/mol. The Kier molecular flexibility index (Phi) is 3.97. The van der Waals surface area contributed by atoms with Gasteiger partial charge in [-0.3, -0.25) is 0 Å². The second kappa shape index (κ2) is 4.63. The van der Waals surface area contributed by atoms with Gasteiger partial charge < -0.3 is 5.32 Å². The van der Waals surface area contributed by atoms with Gasteiger partial charge in [0.2, 0.25) is 0 Å². The highest BCUT2D eigenvalue weighted by molar-refractivity contribution is 9.10. The monoisotopic (exact) mass is 287 g/mol. The molecule has 0 fully saturated rings. The molecule has 1 N–H and O–H groups in total. The zero-order valence-electron chi connectivity index (χ0n) is 7.36. The summed E-state index contributed by atoms with van der Waals surface area (Å²) in [6.07, 6.45) is -4.25. The van der Waals surface area contributed by atoms with E-state index in [0.29, 0.717) is 4.47 Å². The standard InChI is InChI=1S/C8H9BrF3NS/c1-2-13-7(8(10,11)12)6-5(9)3-4-14-6/h3-4,7,13H,2H2,1H3. The van der Waals surface area contributed by atoms with E-state index < -0.39 is 12.2 Å². The Labute approximate surface area is 92.4 Å². The first-order valence-electron chi connectivity index (χ1n) is 3.99. The molecular weight excluding hydrogens is 279 g/mol. The molecule has 1 aromatic rings. The van der Waals surface area contributed by atoms with Gasteiger partial charge in [-0.1, -0.05) is 6.92 Å². The van der Waals surface area contributed by atoms with Gasteiger partial charge in [0.05, 0.1) is 0 Å². The number of hydrogen-bond donors (Lipinski definition) is 1. The Morgan fingerprint density at radius 3 is 2.57 bits per heavy atom. The van der Waals surface area contributed by atoms with Crippen LogP contribution in [0.15, 0.2) is 15.9 Å². The van der Waals surface area contributed by atoms with Crippen molar-refractivity contribution in [1.82, 2.24) is 5.32 Å². The van der Waals surface area contributed by atoms with E-state index in [1.165, 1.54) is 0 Å². The van der Waals surface area contributed by atoms with Crippen molar-refractivity contribution in [3.8, 4) is 0 Å². The molecule has 0 aliphatic carbocycles. The normalized spacial score (nSPS) is 14.4. The molecule has 0 saturated carbocycles. The molecule has 0 bridgehead atoms. The molecule has 0 radical (unpaired) electrons. The van der Waals surface area contributed by atoms with Crippen LogP contribution in [0.5, 0.6) is 0 Å². The van der Waals surface area contributed by atoms with Crippen LogP contribution < -0.4 is 5.32 Å². The van der Waals surface area contributed by atoms with E-state index in [-0.39, 0.29) is 11.4 Å². The average Bonchev–Trinajstić information content (AvgIpc) is 2.45. The fourth-order valence-corrected chi connectivity index (χ4v) is 2.77. The van der Waals surface area contributed by atoms with Gasteiger partial charge in [0.25, 0.3) is 0 Å². The van der Waals surface area contributed by atoms with Crippen LogP contribution in [0.2, 0.25) is 0 Å². The van der Waals surface area contributed by atoms with E-state index in [1.54, 1.807) is 18.4 Å². The smallest absolute Gasteiger partial charge is 0.302 e. The van der Waals surface area contributed by atoms with Gasteiger partial charge in [-0.2, -0.15) is 13.2 Å². The number of nitrogens with one attached hydrogen (secondary N) is 1. The van der Waals surface area contributed by atoms with E-state index >= 15 is 0 Å². The fraction of sp³-hybridized carbons (Fsp3) is 0.500. The number of thiophene rings is 1. The first-order chi connectivity index (χ1) is 6.46. The van der Waals surface area contributed by atoms with Crippen LogP contribution in [-0.2, 0) is 0 Å². The number of rotatable bonds is 3. The third-order valence-corrected chi connectivity index (χ3v) is 3.58. The number of alkyl halides is 3. The summed E-state index contributed by atoms with van der Waals surface area (Å²) in [5.41, 5.74) is 0. The topological polar surface area (TPSA) is 12.0 Å². The molecule has 80 valence electrons. The molecule has 0 amide bonds. The Bertz CT molecular complexity index is 297. The number of halogens is 4. The molecule has 0 spiro atoms. The molecule has 0 aliphatic heterocycles. The lowest BCUT2D eigenvalue weighted by atomic mass is 10.2. The Morgan fingerprint density at radius 2 is 2.21 bits per heavy atom. The molecule has 0 aliphatic rings. The zero-order valence-corrected chi connectivity index (χ0v) is 9.76. The minimum absolute atomic E-state index is 0.277. The zero-order chi connectivity index (χ0) is 10.8. The molecule has 6 heteroatoms. The predicted molar refractivity (Wildman–Crippen MR) is 54.5 cm³/mol. The van der Waals surface area contributed by atoms with Crippen LogP contribution in [0.3, 0.4) is 0 Å². The highest BCUT2D eigenvalue weighted by Gasteiger charge is 2.41. The van der Waals surface area contributed by atoms with Gasteiger partial charge in [0.1, 0.15) is 6.04 Å². The molecule has 14 heavy (non-hydrogen) atoms. The molecular formula is C8H9BrF3NS. The van der Waals surface area contributed by atoms with Crippen molar-refractivity contribution in [1.29, 1.82) is 0 Å². The van der Waals surface area contributed by atoms with Crippen molar-refractivity contribution in [2.45, 2.75) is 19.1 Å². The highest BCUT2D eigenvalue weighted by Crippen LogP contribution is 2.38. The summed E-state index contributed by atoms with van der Waals surface area (Å²) in [5.74, 6) is 0. The van der Waals surface area contributed by atoms with Crippen LogP contribution in [0.4, 0.5) is 13.2 Å². The molecule has 1 atom stereocenters. The largest absolute Gasteiger partial charge is 0.408 e. The lowest BCUT2D eigenvalue weighted by Crippen LogP contribution is -2.33. The van der Waals surface area contributed by atoms with Gasteiger partial charge in [-0.05, 0) is 33.9 Å². The van der Waals surface area contributed by atoms with Gasteiger partial charge >= 0.3 is 6.18 Å². The SMILES string of the molecule is CCNC(c1sccc1Br)C(F)(F)F. The number of hydrogen-bond acceptors (Lipinski definition) is 2. The summed E-state index contributed by atoms with van der Waals surface area (Å²) in [6.45, 7) is 1.94. The summed E-state index contributed by atoms with van der Waals surface area (Å²) in [6, 6.07) is 0.0534.